The van der Waals surface area contributed by atoms with Gasteiger partial charge in [-0.2, -0.15) is 5.10 Å². The van der Waals surface area contributed by atoms with Crippen molar-refractivity contribution in [3.05, 3.63) is 29.8 Å². The number of nitrogens with one attached hydrogen (secondary N) is 1. The van der Waals surface area contributed by atoms with Crippen molar-refractivity contribution in [2.45, 2.75) is 32.1 Å². The van der Waals surface area contributed by atoms with Gasteiger partial charge in [0.2, 0.25) is 0 Å². The Balaban J connectivity index is 1.83. The molecule has 0 saturated heterocycles. The van der Waals surface area contributed by atoms with Crippen molar-refractivity contribution in [1.82, 2.24) is 5.43 Å². The molecule has 18 heavy (non-hydrogen) atoms. The van der Waals surface area contributed by atoms with E-state index in [1.54, 1.807) is 12.1 Å². The molecule has 0 heterocycles. The van der Waals surface area contributed by atoms with E-state index < -0.39 is 0 Å². The van der Waals surface area contributed by atoms with Gasteiger partial charge in [0.05, 0.1) is 0 Å². The zero-order valence-electron chi connectivity index (χ0n) is 10.3. The van der Waals surface area contributed by atoms with Crippen molar-refractivity contribution < 1.29 is 9.90 Å². The van der Waals surface area contributed by atoms with Crippen LogP contribution >= 0.6 is 0 Å². The number of nitrogens with zero attached hydrogens (tertiary/aromatic N) is 1. The Hall–Kier alpha value is -1.84. The van der Waals surface area contributed by atoms with Gasteiger partial charge in [0.15, 0.2) is 0 Å². The van der Waals surface area contributed by atoms with Crippen molar-refractivity contribution in [1.29, 1.82) is 0 Å². The summed E-state index contributed by atoms with van der Waals surface area (Å²) in [7, 11) is 0. The number of aromatic hydroxyl groups is 1. The summed E-state index contributed by atoms with van der Waals surface area (Å²) in [5, 5.41) is 13.1. The molecule has 1 aliphatic carbocycles. The van der Waals surface area contributed by atoms with E-state index in [0.717, 1.165) is 0 Å². The van der Waals surface area contributed by atoms with E-state index in [0.29, 0.717) is 11.5 Å². The van der Waals surface area contributed by atoms with Gasteiger partial charge in [-0.15, -0.1) is 0 Å². The number of phenolic OH excluding ortho intramolecular Hbond substituents is 1. The molecule has 1 saturated carbocycles. The molecule has 0 atom stereocenters. The summed E-state index contributed by atoms with van der Waals surface area (Å²) in [6, 6.07) is 6.11. The summed E-state index contributed by atoms with van der Waals surface area (Å²) in [6.07, 6.45) is 7.99. The number of amides is 1. The lowest BCUT2D eigenvalue weighted by Crippen LogP contribution is -2.19. The number of rotatable bonds is 3. The van der Waals surface area contributed by atoms with Crippen LogP contribution < -0.4 is 5.43 Å². The van der Waals surface area contributed by atoms with E-state index in [4.69, 9.17) is 5.11 Å². The zero-order valence-corrected chi connectivity index (χ0v) is 10.3. The first kappa shape index (κ1) is 12.6. The Labute approximate surface area is 107 Å². The molecule has 1 aromatic carbocycles. The van der Waals surface area contributed by atoms with Crippen LogP contribution in [0.15, 0.2) is 29.4 Å². The van der Waals surface area contributed by atoms with Gasteiger partial charge in [-0.3, -0.25) is 4.79 Å². The zero-order chi connectivity index (χ0) is 12.8. The lowest BCUT2D eigenvalue weighted by atomic mass is 9.90. The number of carbonyl (C=O) groups excluding carboxylic acids is 1. The summed E-state index contributed by atoms with van der Waals surface area (Å²) >= 11 is 0. The van der Waals surface area contributed by atoms with Crippen molar-refractivity contribution >= 4 is 12.1 Å². The van der Waals surface area contributed by atoms with Crippen LogP contribution in [0.4, 0.5) is 0 Å². The second-order valence-corrected chi connectivity index (χ2v) is 4.66. The number of hydrogen-bond acceptors (Lipinski definition) is 3. The van der Waals surface area contributed by atoms with Crippen LogP contribution in [-0.2, 0) is 0 Å². The molecule has 1 fully saturated rings. The van der Waals surface area contributed by atoms with Crippen molar-refractivity contribution in [2.24, 2.45) is 11.0 Å². The predicted octanol–water partition coefficient (Wildman–Crippen LogP) is 2.69. The SMILES string of the molecule is O=C(N/N=C/C1CCCCC1)c1ccc(O)cc1. The van der Waals surface area contributed by atoms with E-state index in [2.05, 4.69) is 10.5 Å². The van der Waals surface area contributed by atoms with Crippen LogP contribution in [-0.4, -0.2) is 17.2 Å². The maximum Gasteiger partial charge on any atom is 0.271 e. The average molecular weight is 246 g/mol. The molecule has 1 aromatic rings. The molecule has 1 aliphatic rings. The van der Waals surface area contributed by atoms with E-state index in [-0.39, 0.29) is 11.7 Å². The Morgan fingerprint density at radius 1 is 1.22 bits per heavy atom. The minimum Gasteiger partial charge on any atom is -0.508 e. The van der Waals surface area contributed by atoms with Gasteiger partial charge in [-0.25, -0.2) is 5.43 Å². The van der Waals surface area contributed by atoms with Crippen molar-refractivity contribution in [3.8, 4) is 5.75 Å². The van der Waals surface area contributed by atoms with Gasteiger partial charge in [-0.1, -0.05) is 19.3 Å². The van der Waals surface area contributed by atoms with Crippen molar-refractivity contribution in [2.75, 3.05) is 0 Å². The topological polar surface area (TPSA) is 61.7 Å². The predicted molar refractivity (Wildman–Crippen MR) is 70.6 cm³/mol. The standard InChI is InChI=1S/C14H18N2O2/c17-13-8-6-12(7-9-13)14(18)16-15-10-11-4-2-1-3-5-11/h6-11,17H,1-5H2,(H,16,18)/b15-10+. The first-order chi connectivity index (χ1) is 8.75. The molecule has 1 amide bonds. The Morgan fingerprint density at radius 2 is 1.89 bits per heavy atom. The third kappa shape index (κ3) is 3.58. The van der Waals surface area contributed by atoms with Gasteiger partial charge in [-0.05, 0) is 43.0 Å². The average Bonchev–Trinajstić information content (AvgIpc) is 2.40. The van der Waals surface area contributed by atoms with Crippen LogP contribution in [0.5, 0.6) is 5.75 Å². The number of hydrazone groups is 1. The summed E-state index contributed by atoms with van der Waals surface area (Å²) in [6.45, 7) is 0. The molecule has 4 nitrogen and oxygen atoms in total. The lowest BCUT2D eigenvalue weighted by Gasteiger charge is -2.16. The third-order valence-electron chi connectivity index (χ3n) is 3.23. The summed E-state index contributed by atoms with van der Waals surface area (Å²) in [5.41, 5.74) is 3.01. The quantitative estimate of drug-likeness (QED) is 0.636. The Morgan fingerprint density at radius 3 is 2.56 bits per heavy atom. The lowest BCUT2D eigenvalue weighted by molar-refractivity contribution is 0.0955. The number of carbonyl (C=O) groups is 1. The minimum absolute atomic E-state index is 0.150. The van der Waals surface area contributed by atoms with Gasteiger partial charge in [0.25, 0.3) is 5.91 Å². The van der Waals surface area contributed by atoms with Crippen molar-refractivity contribution in [3.63, 3.8) is 0 Å². The molecule has 4 heteroatoms. The smallest absolute Gasteiger partial charge is 0.271 e. The molecule has 0 spiro atoms. The highest BCUT2D eigenvalue weighted by Crippen LogP contribution is 2.21. The first-order valence-corrected chi connectivity index (χ1v) is 6.38. The summed E-state index contributed by atoms with van der Waals surface area (Å²) in [4.78, 5) is 11.7. The van der Waals surface area contributed by atoms with E-state index in [1.165, 1.54) is 44.2 Å². The molecule has 96 valence electrons. The van der Waals surface area contributed by atoms with Crippen LogP contribution in [0.3, 0.4) is 0 Å². The second-order valence-electron chi connectivity index (χ2n) is 4.66. The number of hydrogen-bond donors (Lipinski definition) is 2. The van der Waals surface area contributed by atoms with Gasteiger partial charge < -0.3 is 5.11 Å². The van der Waals surface area contributed by atoms with E-state index in [1.807, 2.05) is 6.21 Å². The van der Waals surface area contributed by atoms with Crippen LogP contribution in [0.1, 0.15) is 42.5 Å². The molecular weight excluding hydrogens is 228 g/mol. The van der Waals surface area contributed by atoms with Gasteiger partial charge in [0.1, 0.15) is 5.75 Å². The van der Waals surface area contributed by atoms with Crippen LogP contribution in [0.25, 0.3) is 0 Å². The largest absolute Gasteiger partial charge is 0.508 e. The third-order valence-corrected chi connectivity index (χ3v) is 3.23. The Kier molecular flexibility index (Phi) is 4.34. The Bertz CT molecular complexity index is 420. The van der Waals surface area contributed by atoms with E-state index >= 15 is 0 Å². The summed E-state index contributed by atoms with van der Waals surface area (Å²) in [5.74, 6) is 0.401. The van der Waals surface area contributed by atoms with Crippen LogP contribution in [0.2, 0.25) is 0 Å². The molecule has 0 radical (unpaired) electrons. The molecule has 0 unspecified atom stereocenters. The fourth-order valence-corrected chi connectivity index (χ4v) is 2.16. The van der Waals surface area contributed by atoms with Crippen LogP contribution in [0, 0.1) is 5.92 Å². The molecule has 2 N–H and O–H groups in total. The van der Waals surface area contributed by atoms with Gasteiger partial charge >= 0.3 is 0 Å². The highest BCUT2D eigenvalue weighted by atomic mass is 16.3. The second kappa shape index (κ2) is 6.19. The fourth-order valence-electron chi connectivity index (χ4n) is 2.16. The molecule has 0 aliphatic heterocycles. The maximum absolute atomic E-state index is 11.7. The highest BCUT2D eigenvalue weighted by Gasteiger charge is 2.11. The minimum atomic E-state index is -0.248. The first-order valence-electron chi connectivity index (χ1n) is 6.38. The molecular formula is C14H18N2O2. The number of benzene rings is 1. The summed E-state index contributed by atoms with van der Waals surface area (Å²) < 4.78 is 0. The fraction of sp³-hybridized carbons (Fsp3) is 0.429. The van der Waals surface area contributed by atoms with Gasteiger partial charge in [0, 0.05) is 11.8 Å². The molecule has 0 aromatic heterocycles. The maximum atomic E-state index is 11.7. The number of phenols is 1. The normalized spacial score (nSPS) is 16.9. The monoisotopic (exact) mass is 246 g/mol. The molecule has 2 rings (SSSR count). The highest BCUT2D eigenvalue weighted by molar-refractivity contribution is 5.94. The van der Waals surface area contributed by atoms with E-state index in [9.17, 15) is 4.79 Å². The molecule has 0 bridgehead atoms.